The van der Waals surface area contributed by atoms with Crippen molar-refractivity contribution in [1.82, 2.24) is 14.8 Å². The Hall–Kier alpha value is -3.06. The van der Waals surface area contributed by atoms with Crippen LogP contribution in [0.5, 0.6) is 5.75 Å². The lowest BCUT2D eigenvalue weighted by Gasteiger charge is -2.20. The van der Waals surface area contributed by atoms with E-state index in [1.165, 1.54) is 41.3 Å². The average molecular weight is 449 g/mol. The Labute approximate surface area is 193 Å². The minimum absolute atomic E-state index is 0.0863. The summed E-state index contributed by atoms with van der Waals surface area (Å²) in [6.07, 6.45) is 6.58. The molecule has 0 bridgehead atoms. The third kappa shape index (κ3) is 5.22. The highest BCUT2D eigenvalue weighted by molar-refractivity contribution is 7.99. The summed E-state index contributed by atoms with van der Waals surface area (Å²) in [5.74, 6) is 1.77. The molecule has 6 nitrogen and oxygen atoms in total. The smallest absolute Gasteiger partial charge is 0.234 e. The van der Waals surface area contributed by atoms with Crippen LogP contribution in [0.25, 0.3) is 0 Å². The minimum Gasteiger partial charge on any atom is -0.485 e. The SMILES string of the molecule is C=CCn1c(COc2ccc3c(c2C)CCCC3)nnc1SCC(=O)Nc1ccccc1. The number of aryl methyl sites for hydroxylation is 1. The van der Waals surface area contributed by atoms with E-state index < -0.39 is 0 Å². The van der Waals surface area contributed by atoms with E-state index in [1.807, 2.05) is 34.9 Å². The van der Waals surface area contributed by atoms with Crippen LogP contribution in [0.15, 0.2) is 60.3 Å². The molecule has 0 fully saturated rings. The molecule has 1 aliphatic carbocycles. The van der Waals surface area contributed by atoms with Gasteiger partial charge in [0.2, 0.25) is 5.91 Å². The molecule has 0 saturated heterocycles. The van der Waals surface area contributed by atoms with E-state index in [0.717, 1.165) is 24.3 Å². The lowest BCUT2D eigenvalue weighted by molar-refractivity contribution is -0.113. The number of anilines is 1. The zero-order chi connectivity index (χ0) is 22.3. The molecule has 1 heterocycles. The van der Waals surface area contributed by atoms with Crippen LogP contribution in [0.2, 0.25) is 0 Å². The second-order valence-corrected chi connectivity index (χ2v) is 8.77. The Morgan fingerprint density at radius 2 is 2.00 bits per heavy atom. The zero-order valence-corrected chi connectivity index (χ0v) is 19.2. The lowest BCUT2D eigenvalue weighted by Crippen LogP contribution is -2.15. The highest BCUT2D eigenvalue weighted by Gasteiger charge is 2.17. The minimum atomic E-state index is -0.0863. The number of fused-ring (bicyclic) bond motifs is 1. The summed E-state index contributed by atoms with van der Waals surface area (Å²) in [4.78, 5) is 12.3. The Morgan fingerprint density at radius 1 is 1.19 bits per heavy atom. The Morgan fingerprint density at radius 3 is 2.81 bits per heavy atom. The molecule has 1 aromatic heterocycles. The molecule has 1 N–H and O–H groups in total. The first-order valence-electron chi connectivity index (χ1n) is 10.9. The first kappa shape index (κ1) is 22.1. The molecule has 32 heavy (non-hydrogen) atoms. The van der Waals surface area contributed by atoms with Gasteiger partial charge in [0.15, 0.2) is 11.0 Å². The monoisotopic (exact) mass is 448 g/mol. The van der Waals surface area contributed by atoms with Crippen LogP contribution in [0.4, 0.5) is 5.69 Å². The fourth-order valence-corrected chi connectivity index (χ4v) is 4.75. The number of para-hydroxylation sites is 1. The molecule has 0 radical (unpaired) electrons. The molecule has 0 saturated carbocycles. The van der Waals surface area contributed by atoms with Crippen molar-refractivity contribution in [2.75, 3.05) is 11.1 Å². The van der Waals surface area contributed by atoms with Crippen molar-refractivity contribution in [2.24, 2.45) is 0 Å². The van der Waals surface area contributed by atoms with Crippen LogP contribution in [-0.2, 0) is 30.8 Å². The summed E-state index contributed by atoms with van der Waals surface area (Å²) in [5.41, 5.74) is 4.88. The largest absolute Gasteiger partial charge is 0.485 e. The highest BCUT2D eigenvalue weighted by Crippen LogP contribution is 2.31. The summed E-state index contributed by atoms with van der Waals surface area (Å²) >= 11 is 1.35. The van der Waals surface area contributed by atoms with Gasteiger partial charge in [-0.15, -0.1) is 16.8 Å². The maximum absolute atomic E-state index is 12.3. The van der Waals surface area contributed by atoms with Crippen LogP contribution in [-0.4, -0.2) is 26.4 Å². The summed E-state index contributed by atoms with van der Waals surface area (Å²) < 4.78 is 8.09. The quantitative estimate of drug-likeness (QED) is 0.370. The van der Waals surface area contributed by atoms with E-state index in [2.05, 4.69) is 41.1 Å². The van der Waals surface area contributed by atoms with Gasteiger partial charge < -0.3 is 10.1 Å². The van der Waals surface area contributed by atoms with Crippen LogP contribution >= 0.6 is 11.8 Å². The zero-order valence-electron chi connectivity index (χ0n) is 18.3. The molecule has 166 valence electrons. The number of hydrogen-bond donors (Lipinski definition) is 1. The van der Waals surface area contributed by atoms with Crippen LogP contribution < -0.4 is 10.1 Å². The summed E-state index contributed by atoms with van der Waals surface area (Å²) in [7, 11) is 0. The molecule has 0 atom stereocenters. The molecule has 3 aromatic rings. The number of allylic oxidation sites excluding steroid dienone is 1. The molecule has 0 spiro atoms. The van der Waals surface area contributed by atoms with Crippen molar-refractivity contribution in [2.45, 2.75) is 50.9 Å². The topological polar surface area (TPSA) is 69.0 Å². The van der Waals surface area contributed by atoms with Gasteiger partial charge in [-0.25, -0.2) is 0 Å². The van der Waals surface area contributed by atoms with E-state index in [0.29, 0.717) is 24.1 Å². The predicted octanol–water partition coefficient (Wildman–Crippen LogP) is 4.96. The predicted molar refractivity (Wildman–Crippen MR) is 128 cm³/mol. The van der Waals surface area contributed by atoms with E-state index in [-0.39, 0.29) is 11.7 Å². The molecule has 0 unspecified atom stereocenters. The van der Waals surface area contributed by atoms with Crippen molar-refractivity contribution in [3.05, 3.63) is 77.6 Å². The van der Waals surface area contributed by atoms with Crippen molar-refractivity contribution >= 4 is 23.4 Å². The van der Waals surface area contributed by atoms with Gasteiger partial charge in [0.1, 0.15) is 12.4 Å². The van der Waals surface area contributed by atoms with Gasteiger partial charge in [0.25, 0.3) is 0 Å². The number of rotatable bonds is 9. The molecular weight excluding hydrogens is 420 g/mol. The molecule has 1 amide bonds. The maximum atomic E-state index is 12.3. The Bertz CT molecular complexity index is 1090. The maximum Gasteiger partial charge on any atom is 0.234 e. The fraction of sp³-hybridized carbons (Fsp3) is 0.320. The summed E-state index contributed by atoms with van der Waals surface area (Å²) in [6, 6.07) is 13.7. The van der Waals surface area contributed by atoms with E-state index >= 15 is 0 Å². The second-order valence-electron chi connectivity index (χ2n) is 7.82. The van der Waals surface area contributed by atoms with Crippen molar-refractivity contribution in [3.63, 3.8) is 0 Å². The Kier molecular flexibility index (Phi) is 7.27. The number of nitrogens with zero attached hydrogens (tertiary/aromatic N) is 3. The molecule has 7 heteroatoms. The fourth-order valence-electron chi connectivity index (χ4n) is 3.98. The number of carbonyl (C=O) groups is 1. The molecule has 4 rings (SSSR count). The number of hydrogen-bond acceptors (Lipinski definition) is 5. The van der Waals surface area contributed by atoms with Gasteiger partial charge in [-0.2, -0.15) is 0 Å². The first-order chi connectivity index (χ1) is 15.7. The average Bonchev–Trinajstić information content (AvgIpc) is 3.20. The summed E-state index contributed by atoms with van der Waals surface area (Å²) in [6.45, 7) is 6.85. The molecule has 2 aromatic carbocycles. The normalized spacial score (nSPS) is 12.8. The van der Waals surface area contributed by atoms with Gasteiger partial charge in [-0.3, -0.25) is 9.36 Å². The van der Waals surface area contributed by atoms with Gasteiger partial charge in [-0.05, 0) is 67.5 Å². The van der Waals surface area contributed by atoms with Gasteiger partial charge in [0, 0.05) is 12.2 Å². The summed E-state index contributed by atoms with van der Waals surface area (Å²) in [5, 5.41) is 12.2. The van der Waals surface area contributed by atoms with E-state index in [1.54, 1.807) is 6.08 Å². The number of nitrogens with one attached hydrogen (secondary N) is 1. The van der Waals surface area contributed by atoms with Crippen molar-refractivity contribution in [1.29, 1.82) is 0 Å². The van der Waals surface area contributed by atoms with E-state index in [9.17, 15) is 4.79 Å². The number of aromatic nitrogens is 3. The standard InChI is InChI=1S/C25H28N4O2S/c1-3-15-29-23(16-31-22-14-13-19-9-7-8-12-21(19)18(22)2)27-28-25(29)32-17-24(30)26-20-10-5-4-6-11-20/h3-6,10-11,13-14H,1,7-9,12,15-17H2,2H3,(H,26,30). The Balaban J connectivity index is 1.40. The second kappa shape index (κ2) is 10.5. The number of carbonyl (C=O) groups excluding carboxylic acids is 1. The third-order valence-corrected chi connectivity index (χ3v) is 6.59. The van der Waals surface area contributed by atoms with E-state index in [4.69, 9.17) is 4.74 Å². The molecule has 0 aliphatic heterocycles. The number of thioether (sulfide) groups is 1. The third-order valence-electron chi connectivity index (χ3n) is 5.62. The van der Waals surface area contributed by atoms with Crippen LogP contribution in [0.1, 0.15) is 35.4 Å². The van der Waals surface area contributed by atoms with Gasteiger partial charge in [0.05, 0.1) is 5.75 Å². The van der Waals surface area contributed by atoms with Gasteiger partial charge in [-0.1, -0.05) is 42.1 Å². The number of ether oxygens (including phenoxy) is 1. The number of benzene rings is 2. The van der Waals surface area contributed by atoms with Crippen molar-refractivity contribution < 1.29 is 9.53 Å². The van der Waals surface area contributed by atoms with Gasteiger partial charge >= 0.3 is 0 Å². The van der Waals surface area contributed by atoms with Crippen molar-refractivity contribution in [3.8, 4) is 5.75 Å². The molecular formula is C25H28N4O2S. The first-order valence-corrected chi connectivity index (χ1v) is 11.9. The van der Waals surface area contributed by atoms with Crippen LogP contribution in [0, 0.1) is 6.92 Å². The number of amides is 1. The lowest BCUT2D eigenvalue weighted by atomic mass is 9.88. The molecule has 1 aliphatic rings. The highest BCUT2D eigenvalue weighted by atomic mass is 32.2. The van der Waals surface area contributed by atoms with Crippen LogP contribution in [0.3, 0.4) is 0 Å².